The van der Waals surface area contributed by atoms with Gasteiger partial charge in [0.15, 0.2) is 0 Å². The molecule has 1 saturated heterocycles. The number of β-amino-alcohol motifs (C(OH)–C–C–N with tert-alkyl or cyclic N) is 1. The molecule has 2 N–H and O–H groups in total. The van der Waals surface area contributed by atoms with Crippen LogP contribution in [0.25, 0.3) is 0 Å². The van der Waals surface area contributed by atoms with Gasteiger partial charge in [-0.05, 0) is 51.2 Å². The Morgan fingerprint density at radius 2 is 2.10 bits per heavy atom. The normalized spacial score (nSPS) is 22.4. The standard InChI is InChI=1S/C15H22ClN3O2/c1-18(2)10-15(21)8-3-9-19(11-15)14(20)17-13-6-4-12(16)5-7-13/h4-7,21H,3,8-11H2,1-2H3,(H,17,20). The van der Waals surface area contributed by atoms with Crippen LogP contribution in [0.4, 0.5) is 10.5 Å². The lowest BCUT2D eigenvalue weighted by atomic mass is 9.92. The van der Waals surface area contributed by atoms with E-state index in [1.807, 2.05) is 19.0 Å². The number of nitrogens with one attached hydrogen (secondary N) is 1. The summed E-state index contributed by atoms with van der Waals surface area (Å²) in [6.07, 6.45) is 1.52. The first-order valence-corrected chi connectivity index (χ1v) is 7.44. The van der Waals surface area contributed by atoms with Gasteiger partial charge in [0.25, 0.3) is 0 Å². The second kappa shape index (κ2) is 6.64. The maximum Gasteiger partial charge on any atom is 0.321 e. The molecule has 0 aromatic heterocycles. The van der Waals surface area contributed by atoms with Crippen LogP contribution in [0.3, 0.4) is 0 Å². The predicted octanol–water partition coefficient (Wildman–Crippen LogP) is 2.26. The lowest BCUT2D eigenvalue weighted by molar-refractivity contribution is -0.0333. The van der Waals surface area contributed by atoms with E-state index in [0.717, 1.165) is 12.8 Å². The van der Waals surface area contributed by atoms with Gasteiger partial charge in [-0.25, -0.2) is 4.79 Å². The van der Waals surface area contributed by atoms with Crippen molar-refractivity contribution in [3.63, 3.8) is 0 Å². The molecule has 1 aromatic rings. The largest absolute Gasteiger partial charge is 0.387 e. The molecule has 0 radical (unpaired) electrons. The highest BCUT2D eigenvalue weighted by molar-refractivity contribution is 6.30. The molecule has 1 aliphatic heterocycles. The summed E-state index contributed by atoms with van der Waals surface area (Å²) in [5.41, 5.74) is -0.134. The summed E-state index contributed by atoms with van der Waals surface area (Å²) >= 11 is 5.82. The molecule has 1 fully saturated rings. The minimum absolute atomic E-state index is 0.186. The van der Waals surface area contributed by atoms with Gasteiger partial charge in [-0.3, -0.25) is 0 Å². The smallest absolute Gasteiger partial charge is 0.321 e. The fourth-order valence-corrected chi connectivity index (χ4v) is 2.87. The molecule has 116 valence electrons. The number of aliphatic hydroxyl groups is 1. The van der Waals surface area contributed by atoms with Crippen molar-refractivity contribution in [1.29, 1.82) is 0 Å². The number of likely N-dealkylation sites (N-methyl/N-ethyl adjacent to an activating group) is 1. The van der Waals surface area contributed by atoms with Crippen LogP contribution >= 0.6 is 11.6 Å². The number of carbonyl (C=O) groups is 1. The van der Waals surface area contributed by atoms with Crippen LogP contribution in [0.1, 0.15) is 12.8 Å². The Morgan fingerprint density at radius 3 is 2.71 bits per heavy atom. The first-order valence-electron chi connectivity index (χ1n) is 7.07. The minimum atomic E-state index is -0.834. The maximum absolute atomic E-state index is 12.3. The van der Waals surface area contributed by atoms with Gasteiger partial charge in [0.1, 0.15) is 0 Å². The quantitative estimate of drug-likeness (QED) is 0.900. The summed E-state index contributed by atoms with van der Waals surface area (Å²) in [7, 11) is 3.84. The summed E-state index contributed by atoms with van der Waals surface area (Å²) in [6, 6.07) is 6.80. The third kappa shape index (κ3) is 4.59. The molecular formula is C15H22ClN3O2. The zero-order valence-electron chi connectivity index (χ0n) is 12.5. The molecule has 0 bridgehead atoms. The molecule has 2 rings (SSSR count). The van der Waals surface area contributed by atoms with Crippen LogP contribution in [-0.2, 0) is 0 Å². The van der Waals surface area contributed by atoms with Gasteiger partial charge < -0.3 is 20.2 Å². The first kappa shape index (κ1) is 16.1. The summed E-state index contributed by atoms with van der Waals surface area (Å²) in [5, 5.41) is 14.0. The summed E-state index contributed by atoms with van der Waals surface area (Å²) in [5.74, 6) is 0. The average molecular weight is 312 g/mol. The van der Waals surface area contributed by atoms with Crippen LogP contribution in [0.5, 0.6) is 0 Å². The molecule has 0 spiro atoms. The first-order chi connectivity index (χ1) is 9.88. The second-order valence-electron chi connectivity index (χ2n) is 5.92. The lowest BCUT2D eigenvalue weighted by Gasteiger charge is -2.40. The highest BCUT2D eigenvalue weighted by Gasteiger charge is 2.35. The Hall–Kier alpha value is -1.30. The Morgan fingerprint density at radius 1 is 1.43 bits per heavy atom. The topological polar surface area (TPSA) is 55.8 Å². The van der Waals surface area contributed by atoms with E-state index < -0.39 is 5.60 Å². The van der Waals surface area contributed by atoms with E-state index in [1.165, 1.54) is 0 Å². The van der Waals surface area contributed by atoms with Crippen LogP contribution in [0, 0.1) is 0 Å². The van der Waals surface area contributed by atoms with Crippen molar-refractivity contribution < 1.29 is 9.90 Å². The molecule has 1 aliphatic rings. The van der Waals surface area contributed by atoms with Crippen molar-refractivity contribution >= 4 is 23.3 Å². The van der Waals surface area contributed by atoms with Crippen LogP contribution in [-0.4, -0.2) is 60.3 Å². The van der Waals surface area contributed by atoms with Crippen LogP contribution < -0.4 is 5.32 Å². The Kier molecular flexibility index (Phi) is 5.08. The molecule has 1 atom stereocenters. The van der Waals surface area contributed by atoms with E-state index >= 15 is 0 Å². The number of nitrogens with zero attached hydrogens (tertiary/aromatic N) is 2. The zero-order chi connectivity index (χ0) is 15.5. The van der Waals surface area contributed by atoms with Gasteiger partial charge in [0.2, 0.25) is 0 Å². The second-order valence-corrected chi connectivity index (χ2v) is 6.36. The van der Waals surface area contributed by atoms with E-state index in [9.17, 15) is 9.90 Å². The maximum atomic E-state index is 12.3. The third-order valence-electron chi connectivity index (χ3n) is 3.55. The number of amides is 2. The summed E-state index contributed by atoms with van der Waals surface area (Å²) < 4.78 is 0. The van der Waals surface area contributed by atoms with E-state index in [-0.39, 0.29) is 6.03 Å². The number of piperidine rings is 1. The van der Waals surface area contributed by atoms with E-state index in [0.29, 0.717) is 30.3 Å². The van der Waals surface area contributed by atoms with Gasteiger partial charge in [0, 0.05) is 23.8 Å². The number of anilines is 1. The molecule has 1 unspecified atom stereocenters. The summed E-state index contributed by atoms with van der Waals surface area (Å²) in [4.78, 5) is 15.9. The number of urea groups is 1. The molecule has 21 heavy (non-hydrogen) atoms. The van der Waals surface area contributed by atoms with Crippen molar-refractivity contribution in [3.05, 3.63) is 29.3 Å². The molecule has 1 aromatic carbocycles. The molecule has 1 heterocycles. The zero-order valence-corrected chi connectivity index (χ0v) is 13.2. The number of hydrogen-bond donors (Lipinski definition) is 2. The van der Waals surface area contributed by atoms with Gasteiger partial charge in [0.05, 0.1) is 12.1 Å². The molecule has 2 amide bonds. The van der Waals surface area contributed by atoms with Crippen LogP contribution in [0.2, 0.25) is 5.02 Å². The molecule has 5 nitrogen and oxygen atoms in total. The summed E-state index contributed by atoms with van der Waals surface area (Å²) in [6.45, 7) is 1.57. The third-order valence-corrected chi connectivity index (χ3v) is 3.80. The fraction of sp³-hybridized carbons (Fsp3) is 0.533. The van der Waals surface area contributed by atoms with Crippen molar-refractivity contribution in [2.75, 3.05) is 39.0 Å². The van der Waals surface area contributed by atoms with E-state index in [4.69, 9.17) is 11.6 Å². The molecule has 6 heteroatoms. The van der Waals surface area contributed by atoms with E-state index in [2.05, 4.69) is 5.32 Å². The fourth-order valence-electron chi connectivity index (χ4n) is 2.74. The van der Waals surface area contributed by atoms with Gasteiger partial charge in [-0.1, -0.05) is 11.6 Å². The monoisotopic (exact) mass is 311 g/mol. The Bertz CT molecular complexity index is 492. The number of halogens is 1. The highest BCUT2D eigenvalue weighted by atomic mass is 35.5. The number of rotatable bonds is 3. The molecule has 0 aliphatic carbocycles. The number of likely N-dealkylation sites (tertiary alicyclic amines) is 1. The van der Waals surface area contributed by atoms with E-state index in [1.54, 1.807) is 29.2 Å². The van der Waals surface area contributed by atoms with Crippen molar-refractivity contribution in [1.82, 2.24) is 9.80 Å². The predicted molar refractivity (Wildman–Crippen MR) is 84.8 cm³/mol. The molecular weight excluding hydrogens is 290 g/mol. The SMILES string of the molecule is CN(C)CC1(O)CCCN(C(=O)Nc2ccc(Cl)cc2)C1. The highest BCUT2D eigenvalue weighted by Crippen LogP contribution is 2.23. The van der Waals surface area contributed by atoms with Crippen molar-refractivity contribution in [2.24, 2.45) is 0 Å². The molecule has 0 saturated carbocycles. The lowest BCUT2D eigenvalue weighted by Crippen LogP contribution is -2.55. The number of hydrogen-bond acceptors (Lipinski definition) is 3. The Balaban J connectivity index is 1.97. The number of benzene rings is 1. The van der Waals surface area contributed by atoms with Gasteiger partial charge in [-0.2, -0.15) is 0 Å². The van der Waals surface area contributed by atoms with Crippen molar-refractivity contribution in [2.45, 2.75) is 18.4 Å². The average Bonchev–Trinajstić information content (AvgIpc) is 2.40. The Labute approximate surface area is 130 Å². The van der Waals surface area contributed by atoms with Gasteiger partial charge >= 0.3 is 6.03 Å². The van der Waals surface area contributed by atoms with Gasteiger partial charge in [-0.15, -0.1) is 0 Å². The number of carbonyl (C=O) groups excluding carboxylic acids is 1. The minimum Gasteiger partial charge on any atom is -0.387 e. The van der Waals surface area contributed by atoms with Crippen LogP contribution in [0.15, 0.2) is 24.3 Å². The van der Waals surface area contributed by atoms with Crippen molar-refractivity contribution in [3.8, 4) is 0 Å².